The van der Waals surface area contributed by atoms with E-state index >= 15 is 0 Å². The van der Waals surface area contributed by atoms with E-state index in [1.54, 1.807) is 0 Å². The van der Waals surface area contributed by atoms with Crippen LogP contribution in [0.2, 0.25) is 0 Å². The fourth-order valence-electron chi connectivity index (χ4n) is 4.85. The van der Waals surface area contributed by atoms with Crippen molar-refractivity contribution in [1.29, 1.82) is 0 Å². The van der Waals surface area contributed by atoms with Gasteiger partial charge in [0.2, 0.25) is 5.90 Å². The molecule has 0 radical (unpaired) electrons. The molecule has 2 aromatic carbocycles. The summed E-state index contributed by atoms with van der Waals surface area (Å²) in [5.74, 6) is 1.23. The topological polar surface area (TPSA) is 51.1 Å². The third-order valence-corrected chi connectivity index (χ3v) is 6.85. The Balaban J connectivity index is 1.26. The maximum absolute atomic E-state index is 12.5. The molecule has 2 fully saturated rings. The summed E-state index contributed by atoms with van der Waals surface area (Å²) < 4.78 is 11.7. The van der Waals surface area contributed by atoms with Gasteiger partial charge in [-0.05, 0) is 68.1 Å². The highest BCUT2D eigenvalue weighted by atomic mass is 16.6. The zero-order chi connectivity index (χ0) is 21.3. The first-order chi connectivity index (χ1) is 15.1. The van der Waals surface area contributed by atoms with Gasteiger partial charge in [-0.2, -0.15) is 0 Å². The van der Waals surface area contributed by atoms with Crippen molar-refractivity contribution < 1.29 is 14.3 Å². The number of benzene rings is 2. The summed E-state index contributed by atoms with van der Waals surface area (Å²) in [4.78, 5) is 19.5. The Bertz CT molecular complexity index is 951. The van der Waals surface area contributed by atoms with Crippen LogP contribution in [-0.4, -0.2) is 48.5 Å². The zero-order valence-corrected chi connectivity index (χ0v) is 18.2. The van der Waals surface area contributed by atoms with Gasteiger partial charge < -0.3 is 14.4 Å². The molecule has 5 rings (SSSR count). The molecular weight excluding hydrogens is 388 g/mol. The van der Waals surface area contributed by atoms with Gasteiger partial charge in [0.05, 0.1) is 0 Å². The molecule has 5 nitrogen and oxygen atoms in total. The van der Waals surface area contributed by atoms with Gasteiger partial charge in [0.15, 0.2) is 5.54 Å². The van der Waals surface area contributed by atoms with E-state index in [2.05, 4.69) is 48.3 Å². The van der Waals surface area contributed by atoms with Gasteiger partial charge in [0.25, 0.3) is 0 Å². The number of ether oxygens (including phenoxy) is 2. The Morgan fingerprint density at radius 1 is 0.903 bits per heavy atom. The molecule has 2 aliphatic heterocycles. The maximum Gasteiger partial charge on any atom is 0.340 e. The van der Waals surface area contributed by atoms with Crippen molar-refractivity contribution in [3.05, 3.63) is 54.1 Å². The number of carbonyl (C=O) groups excluding carboxylic acids is 1. The van der Waals surface area contributed by atoms with E-state index < -0.39 is 5.54 Å². The van der Waals surface area contributed by atoms with Crippen LogP contribution in [0.15, 0.2) is 53.5 Å². The van der Waals surface area contributed by atoms with Gasteiger partial charge in [0.1, 0.15) is 11.9 Å². The fraction of sp³-hybridized carbons (Fsp3) is 0.462. The second-order valence-electron chi connectivity index (χ2n) is 9.12. The summed E-state index contributed by atoms with van der Waals surface area (Å²) in [5.41, 5.74) is 2.49. The minimum atomic E-state index is -0.629. The monoisotopic (exact) mass is 418 g/mol. The highest BCUT2D eigenvalue weighted by Crippen LogP contribution is 2.37. The van der Waals surface area contributed by atoms with Crippen molar-refractivity contribution in [2.45, 2.75) is 56.6 Å². The standard InChI is InChI=1S/C26H30N2O3/c1-28-17-13-23(14-18-28)30-22-11-9-20(10-12-22)19-5-7-21(8-6-19)24-27-26(25(29)31-24)15-3-2-4-16-26/h5-12,23H,2-4,13-18H2,1H3. The van der Waals surface area contributed by atoms with E-state index in [1.807, 2.05) is 12.1 Å². The van der Waals surface area contributed by atoms with Crippen molar-refractivity contribution in [2.24, 2.45) is 4.99 Å². The number of piperidine rings is 1. The first-order valence-corrected chi connectivity index (χ1v) is 11.5. The average molecular weight is 419 g/mol. The van der Waals surface area contributed by atoms with Gasteiger partial charge in [0, 0.05) is 18.7 Å². The van der Waals surface area contributed by atoms with Crippen molar-refractivity contribution in [2.75, 3.05) is 20.1 Å². The molecule has 0 atom stereocenters. The van der Waals surface area contributed by atoms with Crippen LogP contribution in [0.5, 0.6) is 5.75 Å². The molecule has 2 heterocycles. The first kappa shape index (κ1) is 20.3. The van der Waals surface area contributed by atoms with E-state index in [1.165, 1.54) is 6.42 Å². The van der Waals surface area contributed by atoms with E-state index in [9.17, 15) is 4.79 Å². The van der Waals surface area contributed by atoms with Crippen LogP contribution in [0.4, 0.5) is 0 Å². The van der Waals surface area contributed by atoms with Gasteiger partial charge in [-0.3, -0.25) is 0 Å². The molecule has 1 saturated heterocycles. The number of carbonyl (C=O) groups is 1. The van der Waals surface area contributed by atoms with Gasteiger partial charge in [-0.25, -0.2) is 9.79 Å². The average Bonchev–Trinajstić information content (AvgIpc) is 3.12. The number of likely N-dealkylation sites (tertiary alicyclic amines) is 1. The summed E-state index contributed by atoms with van der Waals surface area (Å²) in [6.07, 6.45) is 7.34. The lowest BCUT2D eigenvalue weighted by atomic mass is 9.83. The summed E-state index contributed by atoms with van der Waals surface area (Å²) in [6.45, 7) is 2.19. The summed E-state index contributed by atoms with van der Waals surface area (Å²) in [7, 11) is 2.16. The minimum Gasteiger partial charge on any atom is -0.490 e. The smallest absolute Gasteiger partial charge is 0.340 e. The summed E-state index contributed by atoms with van der Waals surface area (Å²) in [5, 5.41) is 0. The molecule has 1 aliphatic carbocycles. The van der Waals surface area contributed by atoms with Crippen LogP contribution in [0.25, 0.3) is 11.1 Å². The zero-order valence-electron chi connectivity index (χ0n) is 18.2. The Morgan fingerprint density at radius 3 is 2.13 bits per heavy atom. The molecule has 1 saturated carbocycles. The molecular formula is C26H30N2O3. The molecule has 0 amide bonds. The molecule has 1 spiro atoms. The normalized spacial score (nSPS) is 21.7. The molecule has 31 heavy (non-hydrogen) atoms. The predicted octanol–water partition coefficient (Wildman–Crippen LogP) is 4.83. The second-order valence-corrected chi connectivity index (χ2v) is 9.12. The van der Waals surface area contributed by atoms with E-state index in [0.29, 0.717) is 12.0 Å². The van der Waals surface area contributed by atoms with Crippen molar-refractivity contribution >= 4 is 11.9 Å². The number of aliphatic imine (C=N–C) groups is 1. The fourth-order valence-corrected chi connectivity index (χ4v) is 4.85. The first-order valence-electron chi connectivity index (χ1n) is 11.5. The number of hydrogen-bond acceptors (Lipinski definition) is 5. The lowest BCUT2D eigenvalue weighted by molar-refractivity contribution is -0.140. The SMILES string of the molecule is CN1CCC(Oc2ccc(-c3ccc(C4=NC5(CCCCC5)C(=O)O4)cc3)cc2)CC1. The highest BCUT2D eigenvalue weighted by molar-refractivity contribution is 6.08. The van der Waals surface area contributed by atoms with Crippen LogP contribution in [-0.2, 0) is 9.53 Å². The number of rotatable bonds is 4. The Hall–Kier alpha value is -2.66. The summed E-state index contributed by atoms with van der Waals surface area (Å²) >= 11 is 0. The number of nitrogens with zero attached hydrogens (tertiary/aromatic N) is 2. The van der Waals surface area contributed by atoms with Crippen LogP contribution in [0.1, 0.15) is 50.5 Å². The molecule has 3 aliphatic rings. The van der Waals surface area contributed by atoms with Gasteiger partial charge >= 0.3 is 5.97 Å². The Morgan fingerprint density at radius 2 is 1.48 bits per heavy atom. The van der Waals surface area contributed by atoms with Crippen molar-refractivity contribution in [3.63, 3.8) is 0 Å². The molecule has 0 aromatic heterocycles. The summed E-state index contributed by atoms with van der Waals surface area (Å²) in [6, 6.07) is 16.4. The minimum absolute atomic E-state index is 0.175. The maximum atomic E-state index is 12.5. The second kappa shape index (κ2) is 8.46. The molecule has 0 bridgehead atoms. The number of hydrogen-bond donors (Lipinski definition) is 0. The molecule has 2 aromatic rings. The lowest BCUT2D eigenvalue weighted by Crippen LogP contribution is -2.35. The van der Waals surface area contributed by atoms with E-state index in [4.69, 9.17) is 14.5 Å². The van der Waals surface area contributed by atoms with Gasteiger partial charge in [-0.15, -0.1) is 0 Å². The quantitative estimate of drug-likeness (QED) is 0.667. The highest BCUT2D eigenvalue weighted by Gasteiger charge is 2.46. The number of cyclic esters (lactones) is 1. The Labute approximate surface area is 184 Å². The molecule has 0 unspecified atom stereocenters. The lowest BCUT2D eigenvalue weighted by Gasteiger charge is -2.29. The molecule has 5 heteroatoms. The van der Waals surface area contributed by atoms with E-state index in [-0.39, 0.29) is 5.97 Å². The van der Waals surface area contributed by atoms with Crippen LogP contribution in [0.3, 0.4) is 0 Å². The number of esters is 1. The van der Waals surface area contributed by atoms with Crippen molar-refractivity contribution in [3.8, 4) is 16.9 Å². The van der Waals surface area contributed by atoms with E-state index in [0.717, 1.165) is 74.1 Å². The van der Waals surface area contributed by atoms with Crippen molar-refractivity contribution in [1.82, 2.24) is 4.90 Å². The van der Waals surface area contributed by atoms with Gasteiger partial charge in [-0.1, -0.05) is 43.5 Å². The van der Waals surface area contributed by atoms with Crippen LogP contribution in [0, 0.1) is 0 Å². The van der Waals surface area contributed by atoms with Crippen LogP contribution < -0.4 is 4.74 Å². The third kappa shape index (κ3) is 4.24. The molecule has 0 N–H and O–H groups in total. The van der Waals surface area contributed by atoms with Crippen LogP contribution >= 0.6 is 0 Å². The predicted molar refractivity (Wildman–Crippen MR) is 121 cm³/mol. The third-order valence-electron chi connectivity index (χ3n) is 6.85. The Kier molecular flexibility index (Phi) is 5.53. The largest absolute Gasteiger partial charge is 0.490 e. The molecule has 162 valence electrons.